The highest BCUT2D eigenvalue weighted by atomic mass is 32.2. The van der Waals surface area contributed by atoms with Gasteiger partial charge in [-0.15, -0.1) is 0 Å². The molecule has 1 spiro atoms. The van der Waals surface area contributed by atoms with E-state index in [-0.39, 0.29) is 4.90 Å². The quantitative estimate of drug-likeness (QED) is 0.717. The topological polar surface area (TPSA) is 104 Å². The Labute approximate surface area is 171 Å². The number of aromatic nitrogens is 1. The minimum Gasteiger partial charge on any atom is -0.481 e. The number of hydrogen-bond acceptors (Lipinski definition) is 6. The van der Waals surface area contributed by atoms with Gasteiger partial charge in [-0.05, 0) is 53.9 Å². The van der Waals surface area contributed by atoms with E-state index in [9.17, 15) is 8.42 Å². The Balaban J connectivity index is 1.53. The summed E-state index contributed by atoms with van der Waals surface area (Å²) in [5.74, 6) is 1.93. The van der Waals surface area contributed by atoms with E-state index < -0.39 is 10.0 Å². The Kier molecular flexibility index (Phi) is 5.16. The van der Waals surface area contributed by atoms with Crippen molar-refractivity contribution >= 4 is 15.7 Å². The maximum absolute atomic E-state index is 11.6. The van der Waals surface area contributed by atoms with Crippen molar-refractivity contribution in [1.29, 1.82) is 0 Å². The molecule has 0 unspecified atom stereocenters. The van der Waals surface area contributed by atoms with Gasteiger partial charge in [-0.3, -0.25) is 0 Å². The van der Waals surface area contributed by atoms with Crippen LogP contribution in [0.15, 0.2) is 41.3 Å². The predicted molar refractivity (Wildman–Crippen MR) is 111 cm³/mol. The largest absolute Gasteiger partial charge is 0.481 e. The number of rotatable bonds is 7. The fourth-order valence-corrected chi connectivity index (χ4v) is 5.61. The van der Waals surface area contributed by atoms with Crippen LogP contribution < -0.4 is 19.9 Å². The number of ether oxygens (including phenoxy) is 2. The second kappa shape index (κ2) is 7.50. The van der Waals surface area contributed by atoms with Gasteiger partial charge >= 0.3 is 0 Å². The monoisotopic (exact) mass is 417 g/mol. The molecule has 156 valence electrons. The van der Waals surface area contributed by atoms with Crippen molar-refractivity contribution in [1.82, 2.24) is 4.98 Å². The van der Waals surface area contributed by atoms with E-state index in [1.54, 1.807) is 26.4 Å². The van der Waals surface area contributed by atoms with Gasteiger partial charge in [0.1, 0.15) is 0 Å². The lowest BCUT2D eigenvalue weighted by atomic mass is 9.97. The Morgan fingerprint density at radius 3 is 2.38 bits per heavy atom. The van der Waals surface area contributed by atoms with E-state index in [2.05, 4.69) is 10.3 Å². The summed E-state index contributed by atoms with van der Waals surface area (Å²) in [4.78, 5) is 4.49. The smallest absolute Gasteiger partial charge is 0.240 e. The number of primary sulfonamides is 1. The van der Waals surface area contributed by atoms with E-state index in [1.165, 1.54) is 31.2 Å². The summed E-state index contributed by atoms with van der Waals surface area (Å²) < 4.78 is 33.7. The number of sulfonamides is 1. The number of anilines is 1. The zero-order chi connectivity index (χ0) is 20.6. The van der Waals surface area contributed by atoms with Crippen molar-refractivity contribution in [3.63, 3.8) is 0 Å². The Morgan fingerprint density at radius 2 is 1.79 bits per heavy atom. The molecular weight excluding hydrogens is 390 g/mol. The second-order valence-corrected chi connectivity index (χ2v) is 9.49. The normalized spacial score (nSPS) is 22.4. The van der Waals surface area contributed by atoms with Gasteiger partial charge in [0, 0.05) is 12.6 Å². The molecule has 0 radical (unpaired) electrons. The molecule has 1 heterocycles. The lowest BCUT2D eigenvalue weighted by Crippen LogP contribution is -2.12. The molecule has 3 N–H and O–H groups in total. The van der Waals surface area contributed by atoms with Crippen molar-refractivity contribution in [3.05, 3.63) is 42.0 Å². The maximum Gasteiger partial charge on any atom is 0.240 e. The Morgan fingerprint density at radius 1 is 1.10 bits per heavy atom. The zero-order valence-electron chi connectivity index (χ0n) is 16.7. The van der Waals surface area contributed by atoms with Crippen LogP contribution in [-0.2, 0) is 10.0 Å². The standard InChI is InChI=1S/C21H27N3O4S/c1-27-18-10-9-17(20(24-18)28-2)23-13-16-19(21(16)11-3-4-12-21)14-5-7-15(8-6-14)29(22,25)26/h5-10,16,19,23H,3-4,11-13H2,1-2H3,(H2,22,25,26)/t16-,19-/m1/s1. The highest BCUT2D eigenvalue weighted by molar-refractivity contribution is 7.89. The van der Waals surface area contributed by atoms with Crippen molar-refractivity contribution in [2.75, 3.05) is 26.1 Å². The first-order chi connectivity index (χ1) is 13.9. The van der Waals surface area contributed by atoms with Crippen LogP contribution in [0.1, 0.15) is 37.2 Å². The lowest BCUT2D eigenvalue weighted by molar-refractivity contribution is 0.365. The molecule has 2 aromatic rings. The SMILES string of the molecule is COc1ccc(NC[C@@H]2[C@@H](c3ccc(S(N)(=O)=O)cc3)C23CCCC3)c(OC)n1. The number of hydrogen-bond donors (Lipinski definition) is 2. The van der Waals surface area contributed by atoms with Crippen LogP contribution in [0.4, 0.5) is 5.69 Å². The second-order valence-electron chi connectivity index (χ2n) is 7.93. The highest BCUT2D eigenvalue weighted by Gasteiger charge is 2.64. The molecule has 7 nitrogen and oxygen atoms in total. The zero-order valence-corrected chi connectivity index (χ0v) is 17.5. The molecule has 2 aliphatic carbocycles. The van der Waals surface area contributed by atoms with Gasteiger partial charge in [0.15, 0.2) is 0 Å². The maximum atomic E-state index is 11.6. The molecule has 8 heteroatoms. The minimum absolute atomic E-state index is 0.158. The molecule has 2 atom stereocenters. The predicted octanol–water partition coefficient (Wildman–Crippen LogP) is 3.13. The molecular formula is C21H27N3O4S. The van der Waals surface area contributed by atoms with E-state index >= 15 is 0 Å². The average molecular weight is 418 g/mol. The first-order valence-electron chi connectivity index (χ1n) is 9.85. The number of methoxy groups -OCH3 is 2. The van der Waals surface area contributed by atoms with E-state index in [0.717, 1.165) is 12.2 Å². The van der Waals surface area contributed by atoms with Crippen molar-refractivity contribution < 1.29 is 17.9 Å². The van der Waals surface area contributed by atoms with E-state index in [0.29, 0.717) is 29.0 Å². The molecule has 2 saturated carbocycles. The van der Waals surface area contributed by atoms with Gasteiger partial charge in [-0.25, -0.2) is 13.6 Å². The fraction of sp³-hybridized carbons (Fsp3) is 0.476. The van der Waals surface area contributed by atoms with Crippen LogP contribution in [0.2, 0.25) is 0 Å². The minimum atomic E-state index is -3.67. The summed E-state index contributed by atoms with van der Waals surface area (Å²) in [7, 11) is -0.495. The summed E-state index contributed by atoms with van der Waals surface area (Å²) in [6.45, 7) is 0.811. The summed E-state index contributed by atoms with van der Waals surface area (Å²) in [6.07, 6.45) is 4.91. The first-order valence-corrected chi connectivity index (χ1v) is 11.4. The van der Waals surface area contributed by atoms with Gasteiger partial charge in [0.05, 0.1) is 24.8 Å². The van der Waals surface area contributed by atoms with Gasteiger partial charge in [-0.2, -0.15) is 4.98 Å². The highest BCUT2D eigenvalue weighted by Crippen LogP contribution is 2.72. The molecule has 2 aliphatic rings. The molecule has 2 fully saturated rings. The van der Waals surface area contributed by atoms with Gasteiger partial charge in [0.25, 0.3) is 0 Å². The van der Waals surface area contributed by atoms with Crippen LogP contribution in [-0.4, -0.2) is 34.2 Å². The van der Waals surface area contributed by atoms with Crippen LogP contribution in [0, 0.1) is 11.3 Å². The summed E-state index contributed by atoms with van der Waals surface area (Å²) in [5, 5.41) is 8.74. The Bertz CT molecular complexity index is 985. The molecule has 1 aromatic heterocycles. The fourth-order valence-electron chi connectivity index (χ4n) is 5.09. The number of nitrogens with two attached hydrogens (primary N) is 1. The number of nitrogens with zero attached hydrogens (tertiary/aromatic N) is 1. The third kappa shape index (κ3) is 3.67. The molecule has 4 rings (SSSR count). The first kappa shape index (κ1) is 20.0. The average Bonchev–Trinajstić information content (AvgIpc) is 3.05. The number of pyridine rings is 1. The van der Waals surface area contributed by atoms with Crippen molar-refractivity contribution in [2.24, 2.45) is 16.5 Å². The molecule has 1 aromatic carbocycles. The van der Waals surface area contributed by atoms with Gasteiger partial charge in [0.2, 0.25) is 21.8 Å². The third-order valence-electron chi connectivity index (χ3n) is 6.50. The van der Waals surface area contributed by atoms with Crippen LogP contribution in [0.3, 0.4) is 0 Å². The van der Waals surface area contributed by atoms with Crippen LogP contribution >= 0.6 is 0 Å². The Hall–Kier alpha value is -2.32. The van der Waals surface area contributed by atoms with Gasteiger partial charge < -0.3 is 14.8 Å². The van der Waals surface area contributed by atoms with E-state index in [1.807, 2.05) is 24.3 Å². The van der Waals surface area contributed by atoms with Crippen molar-refractivity contribution in [2.45, 2.75) is 36.5 Å². The van der Waals surface area contributed by atoms with Crippen molar-refractivity contribution in [3.8, 4) is 11.8 Å². The number of benzene rings is 1. The molecule has 0 saturated heterocycles. The summed E-state index contributed by atoms with van der Waals surface area (Å²) in [5.41, 5.74) is 2.33. The van der Waals surface area contributed by atoms with Crippen LogP contribution in [0.5, 0.6) is 11.8 Å². The number of nitrogens with one attached hydrogen (secondary N) is 1. The third-order valence-corrected chi connectivity index (χ3v) is 7.43. The summed E-state index contributed by atoms with van der Waals surface area (Å²) >= 11 is 0. The molecule has 0 amide bonds. The molecule has 0 aliphatic heterocycles. The molecule has 0 bridgehead atoms. The summed E-state index contributed by atoms with van der Waals surface area (Å²) in [6, 6.07) is 10.8. The van der Waals surface area contributed by atoms with Crippen LogP contribution in [0.25, 0.3) is 0 Å². The lowest BCUT2D eigenvalue weighted by Gasteiger charge is -2.12. The van der Waals surface area contributed by atoms with Gasteiger partial charge in [-0.1, -0.05) is 25.0 Å². The molecule has 29 heavy (non-hydrogen) atoms. The van der Waals surface area contributed by atoms with E-state index in [4.69, 9.17) is 14.6 Å².